The Hall–Kier alpha value is -1.76. The molecule has 1 atom stereocenters. The van der Waals surface area contributed by atoms with Crippen LogP contribution in [-0.4, -0.2) is 63.6 Å². The molecule has 1 fully saturated rings. The molecule has 23 heavy (non-hydrogen) atoms. The predicted octanol–water partition coefficient (Wildman–Crippen LogP) is 0.464. The minimum absolute atomic E-state index is 0.0153. The van der Waals surface area contributed by atoms with Crippen LogP contribution in [0, 0.1) is 0 Å². The summed E-state index contributed by atoms with van der Waals surface area (Å²) in [7, 11) is -1.78. The molecule has 0 spiro atoms. The summed E-state index contributed by atoms with van der Waals surface area (Å²) >= 11 is 0.667. The molecular formula is C10H10F3N5O3S2. The summed E-state index contributed by atoms with van der Waals surface area (Å²) in [5.41, 5.74) is 0. The molecule has 1 aliphatic heterocycles. The molecule has 0 aliphatic carbocycles. The highest BCUT2D eigenvalue weighted by Crippen LogP contribution is 2.29. The molecule has 1 unspecified atom stereocenters. The molecule has 3 rings (SSSR count). The zero-order valence-electron chi connectivity index (χ0n) is 11.6. The third-order valence-electron chi connectivity index (χ3n) is 3.50. The zero-order chi connectivity index (χ0) is 17.0. The summed E-state index contributed by atoms with van der Waals surface area (Å²) in [6.07, 6.45) is -4.44. The maximum atomic E-state index is 12.7. The standard InChI is InChI=1S/C10H10F3N5O3S2/c1-17(5-2-3-23(20,21)4-5)7(19)6-16-18-8(10(11,12)13)14-15-9(18)22-6/h5H,2-4H2,1H3. The average molecular weight is 369 g/mol. The van der Waals surface area contributed by atoms with Crippen LogP contribution in [0.5, 0.6) is 0 Å². The normalized spacial score (nSPS) is 21.0. The topological polar surface area (TPSA) is 97.5 Å². The van der Waals surface area contributed by atoms with E-state index in [2.05, 4.69) is 15.3 Å². The Morgan fingerprint density at radius 1 is 1.39 bits per heavy atom. The fourth-order valence-corrected chi connectivity index (χ4v) is 4.87. The first-order chi connectivity index (χ1) is 10.6. The molecule has 0 aromatic carbocycles. The number of aromatic nitrogens is 4. The number of halogens is 3. The Labute approximate surface area is 131 Å². The molecule has 0 N–H and O–H groups in total. The zero-order valence-corrected chi connectivity index (χ0v) is 13.2. The Kier molecular flexibility index (Phi) is 3.59. The van der Waals surface area contributed by atoms with E-state index in [0.29, 0.717) is 22.3 Å². The molecule has 2 aromatic rings. The lowest BCUT2D eigenvalue weighted by molar-refractivity contribution is -0.146. The van der Waals surface area contributed by atoms with Crippen molar-refractivity contribution in [3.63, 3.8) is 0 Å². The molecule has 0 radical (unpaired) electrons. The number of nitrogens with zero attached hydrogens (tertiary/aromatic N) is 5. The van der Waals surface area contributed by atoms with E-state index in [4.69, 9.17) is 0 Å². The summed E-state index contributed by atoms with van der Waals surface area (Å²) in [5.74, 6) is -2.13. The molecular weight excluding hydrogens is 359 g/mol. The first-order valence-electron chi connectivity index (χ1n) is 6.35. The maximum Gasteiger partial charge on any atom is 0.453 e. The van der Waals surface area contributed by atoms with Crippen molar-refractivity contribution < 1.29 is 26.4 Å². The van der Waals surface area contributed by atoms with Gasteiger partial charge in [0, 0.05) is 13.1 Å². The number of rotatable bonds is 2. The van der Waals surface area contributed by atoms with Gasteiger partial charge in [0.15, 0.2) is 9.84 Å². The number of carbonyl (C=O) groups excluding carboxylic acids is 1. The fourth-order valence-electron chi connectivity index (χ4n) is 2.28. The van der Waals surface area contributed by atoms with Crippen LogP contribution in [0.1, 0.15) is 22.0 Å². The van der Waals surface area contributed by atoms with E-state index in [1.807, 2.05) is 0 Å². The summed E-state index contributed by atoms with van der Waals surface area (Å²) in [5, 5.41) is 9.77. The first-order valence-corrected chi connectivity index (χ1v) is 8.99. The van der Waals surface area contributed by atoms with Gasteiger partial charge in [-0.1, -0.05) is 11.3 Å². The molecule has 0 saturated carbocycles. The highest BCUT2D eigenvalue weighted by atomic mass is 32.2. The van der Waals surface area contributed by atoms with Crippen LogP contribution in [0.2, 0.25) is 0 Å². The third kappa shape index (κ3) is 2.89. The molecule has 1 aliphatic rings. The second kappa shape index (κ2) is 5.12. The van der Waals surface area contributed by atoms with Gasteiger partial charge >= 0.3 is 6.18 Å². The van der Waals surface area contributed by atoms with E-state index in [1.54, 1.807) is 0 Å². The summed E-state index contributed by atoms with van der Waals surface area (Å²) < 4.78 is 61.6. The van der Waals surface area contributed by atoms with Crippen LogP contribution in [0.25, 0.3) is 4.96 Å². The van der Waals surface area contributed by atoms with Crippen molar-refractivity contribution in [2.45, 2.75) is 18.6 Å². The van der Waals surface area contributed by atoms with E-state index < -0.39 is 33.8 Å². The van der Waals surface area contributed by atoms with Gasteiger partial charge in [-0.05, 0) is 6.42 Å². The van der Waals surface area contributed by atoms with Crippen LogP contribution in [0.15, 0.2) is 0 Å². The summed E-state index contributed by atoms with van der Waals surface area (Å²) in [6.45, 7) is 0. The predicted molar refractivity (Wildman–Crippen MR) is 72.8 cm³/mol. The van der Waals surface area contributed by atoms with Crippen LogP contribution < -0.4 is 0 Å². The van der Waals surface area contributed by atoms with Crippen LogP contribution in [0.3, 0.4) is 0 Å². The van der Waals surface area contributed by atoms with Crippen molar-refractivity contribution in [3.05, 3.63) is 10.8 Å². The molecule has 13 heteroatoms. The lowest BCUT2D eigenvalue weighted by Crippen LogP contribution is -2.37. The number of sulfone groups is 1. The second-order valence-corrected chi connectivity index (χ2v) is 8.28. The highest BCUT2D eigenvalue weighted by molar-refractivity contribution is 7.91. The van der Waals surface area contributed by atoms with Gasteiger partial charge in [-0.15, -0.1) is 15.3 Å². The summed E-state index contributed by atoms with van der Waals surface area (Å²) in [4.78, 5) is 13.3. The SMILES string of the molecule is CN(C(=O)c1nn2c(C(F)(F)F)nnc2s1)C1CCS(=O)(=O)C1. The van der Waals surface area contributed by atoms with Crippen molar-refractivity contribution in [1.82, 2.24) is 24.7 Å². The number of hydrogen-bond acceptors (Lipinski definition) is 7. The number of fused-ring (bicyclic) bond motifs is 1. The van der Waals surface area contributed by atoms with E-state index in [1.165, 1.54) is 11.9 Å². The minimum Gasteiger partial charge on any atom is -0.336 e. The number of amides is 1. The monoisotopic (exact) mass is 369 g/mol. The number of alkyl halides is 3. The smallest absolute Gasteiger partial charge is 0.336 e. The van der Waals surface area contributed by atoms with E-state index >= 15 is 0 Å². The van der Waals surface area contributed by atoms with Gasteiger partial charge in [0.25, 0.3) is 11.7 Å². The number of carbonyl (C=O) groups is 1. The van der Waals surface area contributed by atoms with Crippen LogP contribution in [0.4, 0.5) is 13.2 Å². The van der Waals surface area contributed by atoms with Gasteiger partial charge in [0.05, 0.1) is 11.5 Å². The average Bonchev–Trinajstić information content (AvgIpc) is 3.08. The fraction of sp³-hybridized carbons (Fsp3) is 0.600. The molecule has 1 amide bonds. The maximum absolute atomic E-state index is 12.7. The van der Waals surface area contributed by atoms with Crippen LogP contribution >= 0.6 is 11.3 Å². The van der Waals surface area contributed by atoms with Gasteiger partial charge in [0.2, 0.25) is 9.97 Å². The van der Waals surface area contributed by atoms with Gasteiger partial charge in [-0.25, -0.2) is 8.42 Å². The Morgan fingerprint density at radius 2 is 2.09 bits per heavy atom. The minimum atomic E-state index is -4.74. The highest BCUT2D eigenvalue weighted by Gasteiger charge is 2.39. The van der Waals surface area contributed by atoms with Crippen LogP contribution in [-0.2, 0) is 16.0 Å². The van der Waals surface area contributed by atoms with Crippen molar-refractivity contribution >= 4 is 32.0 Å². The van der Waals surface area contributed by atoms with E-state index in [0.717, 1.165) is 0 Å². The molecule has 2 aromatic heterocycles. The largest absolute Gasteiger partial charge is 0.453 e. The third-order valence-corrected chi connectivity index (χ3v) is 6.14. The lowest BCUT2D eigenvalue weighted by Gasteiger charge is -2.21. The molecule has 8 nitrogen and oxygen atoms in total. The lowest BCUT2D eigenvalue weighted by atomic mass is 10.2. The quantitative estimate of drug-likeness (QED) is 0.763. The summed E-state index contributed by atoms with van der Waals surface area (Å²) in [6, 6.07) is -0.510. The Bertz CT molecular complexity index is 872. The Balaban J connectivity index is 1.88. The van der Waals surface area contributed by atoms with Gasteiger partial charge < -0.3 is 4.90 Å². The van der Waals surface area contributed by atoms with Gasteiger partial charge in [-0.3, -0.25) is 4.79 Å². The molecule has 3 heterocycles. The van der Waals surface area contributed by atoms with E-state index in [-0.39, 0.29) is 21.5 Å². The Morgan fingerprint density at radius 3 is 2.65 bits per heavy atom. The first kappa shape index (κ1) is 16.1. The second-order valence-electron chi connectivity index (χ2n) is 5.10. The van der Waals surface area contributed by atoms with Crippen molar-refractivity contribution in [2.24, 2.45) is 0 Å². The van der Waals surface area contributed by atoms with Gasteiger partial charge in [-0.2, -0.15) is 17.7 Å². The van der Waals surface area contributed by atoms with E-state index in [9.17, 15) is 26.4 Å². The van der Waals surface area contributed by atoms with Crippen molar-refractivity contribution in [2.75, 3.05) is 18.6 Å². The van der Waals surface area contributed by atoms with Gasteiger partial charge in [0.1, 0.15) is 0 Å². The van der Waals surface area contributed by atoms with Crippen molar-refractivity contribution in [3.8, 4) is 0 Å². The molecule has 126 valence electrons. The number of hydrogen-bond donors (Lipinski definition) is 0. The molecule has 1 saturated heterocycles. The molecule has 0 bridgehead atoms. The van der Waals surface area contributed by atoms with Crippen molar-refractivity contribution in [1.29, 1.82) is 0 Å².